The summed E-state index contributed by atoms with van der Waals surface area (Å²) in [6, 6.07) is 11.5. The first-order chi connectivity index (χ1) is 10.4. The van der Waals surface area contributed by atoms with E-state index in [2.05, 4.69) is 50.4 Å². The molecule has 2 atom stereocenters. The predicted molar refractivity (Wildman–Crippen MR) is 82.9 cm³/mol. The van der Waals surface area contributed by atoms with Gasteiger partial charge in [-0.05, 0) is 38.8 Å². The largest absolute Gasteiger partial charge is 0.298 e. The summed E-state index contributed by atoms with van der Waals surface area (Å²) in [5.41, 5.74) is 2.14. The molecule has 0 N–H and O–H groups in total. The van der Waals surface area contributed by atoms with Gasteiger partial charge in [-0.2, -0.15) is 0 Å². The summed E-state index contributed by atoms with van der Waals surface area (Å²) in [5, 5.41) is 8.84. The maximum atomic E-state index is 4.45. The first kappa shape index (κ1) is 13.0. The second kappa shape index (κ2) is 5.60. The minimum absolute atomic E-state index is 0.504. The summed E-state index contributed by atoms with van der Waals surface area (Å²) < 4.78 is 2.13. The van der Waals surface area contributed by atoms with Crippen molar-refractivity contribution in [2.45, 2.75) is 44.2 Å². The van der Waals surface area contributed by atoms with Gasteiger partial charge >= 0.3 is 0 Å². The Kier molecular flexibility index (Phi) is 3.47. The Morgan fingerprint density at radius 2 is 1.71 bits per heavy atom. The maximum Gasteiger partial charge on any atom is 0.113 e. The van der Waals surface area contributed by atoms with E-state index >= 15 is 0 Å². The Bertz CT molecular complexity index is 590. The minimum Gasteiger partial charge on any atom is -0.298 e. The molecule has 2 aliphatic heterocycles. The lowest BCUT2D eigenvalue weighted by molar-refractivity contribution is 0.0587. The third kappa shape index (κ3) is 2.48. The number of hydrogen-bond donors (Lipinski definition) is 0. The molecule has 1 aromatic carbocycles. The zero-order valence-corrected chi connectivity index (χ0v) is 12.4. The van der Waals surface area contributed by atoms with Crippen LogP contribution in [0.4, 0.5) is 0 Å². The number of fused-ring (bicyclic) bond motifs is 1. The first-order valence-corrected chi connectivity index (χ1v) is 8.13. The van der Waals surface area contributed by atoms with Gasteiger partial charge in [0.05, 0.1) is 12.2 Å². The molecular formula is C17H22N4. The van der Waals surface area contributed by atoms with Crippen molar-refractivity contribution in [3.8, 4) is 11.3 Å². The van der Waals surface area contributed by atoms with Gasteiger partial charge in [-0.15, -0.1) is 5.10 Å². The number of hydrogen-bond acceptors (Lipinski definition) is 3. The third-order valence-corrected chi connectivity index (χ3v) is 4.97. The lowest BCUT2D eigenvalue weighted by Crippen LogP contribution is -2.48. The van der Waals surface area contributed by atoms with Crippen molar-refractivity contribution in [2.24, 2.45) is 0 Å². The summed E-state index contributed by atoms with van der Waals surface area (Å²) in [6.45, 7) is 2.53. The van der Waals surface area contributed by atoms with E-state index in [0.717, 1.165) is 11.3 Å². The summed E-state index contributed by atoms with van der Waals surface area (Å²) in [4.78, 5) is 2.67. The SMILES string of the molecule is c1ccc(-c2cn(C3CCCN4CCCC[C@H]34)nn2)cc1. The molecule has 3 heterocycles. The third-order valence-electron chi connectivity index (χ3n) is 4.97. The van der Waals surface area contributed by atoms with Gasteiger partial charge in [-0.1, -0.05) is 42.0 Å². The van der Waals surface area contributed by atoms with Crippen molar-refractivity contribution in [1.82, 2.24) is 19.9 Å². The average molecular weight is 282 g/mol. The molecule has 0 spiro atoms. The predicted octanol–water partition coefficient (Wildman–Crippen LogP) is 3.13. The average Bonchev–Trinajstić information content (AvgIpc) is 3.05. The normalized spacial score (nSPS) is 26.5. The van der Waals surface area contributed by atoms with E-state index in [4.69, 9.17) is 0 Å². The van der Waals surface area contributed by atoms with E-state index < -0.39 is 0 Å². The molecule has 2 fully saturated rings. The fourth-order valence-electron chi connectivity index (χ4n) is 3.91. The van der Waals surface area contributed by atoms with E-state index in [1.54, 1.807) is 0 Å². The van der Waals surface area contributed by atoms with Gasteiger partial charge in [0.2, 0.25) is 0 Å². The zero-order valence-electron chi connectivity index (χ0n) is 12.4. The van der Waals surface area contributed by atoms with Crippen LogP contribution in [0.5, 0.6) is 0 Å². The molecule has 2 aromatic rings. The van der Waals surface area contributed by atoms with E-state index in [-0.39, 0.29) is 0 Å². The fraction of sp³-hybridized carbons (Fsp3) is 0.529. The lowest BCUT2D eigenvalue weighted by atomic mass is 9.89. The van der Waals surface area contributed by atoms with Crippen LogP contribution in [0.25, 0.3) is 11.3 Å². The highest BCUT2D eigenvalue weighted by molar-refractivity contribution is 5.57. The standard InChI is InChI=1S/C17H22N4/c1-2-7-14(8-3-1)15-13-21(19-18-15)17-10-6-12-20-11-5-4-9-16(17)20/h1-3,7-8,13,16-17H,4-6,9-12H2/t16-,17?/m1/s1. The van der Waals surface area contributed by atoms with Crippen molar-refractivity contribution < 1.29 is 0 Å². The van der Waals surface area contributed by atoms with E-state index in [1.807, 2.05) is 6.07 Å². The van der Waals surface area contributed by atoms with Crippen LogP contribution in [0.3, 0.4) is 0 Å². The van der Waals surface area contributed by atoms with Crippen LogP contribution in [0, 0.1) is 0 Å². The quantitative estimate of drug-likeness (QED) is 0.848. The lowest BCUT2D eigenvalue weighted by Gasteiger charge is -2.44. The minimum atomic E-state index is 0.504. The molecule has 4 heteroatoms. The molecular weight excluding hydrogens is 260 g/mol. The van der Waals surface area contributed by atoms with Gasteiger partial charge in [-0.25, -0.2) is 4.68 Å². The molecule has 2 aliphatic rings. The number of aromatic nitrogens is 3. The summed E-state index contributed by atoms with van der Waals surface area (Å²) in [7, 11) is 0. The molecule has 110 valence electrons. The van der Waals surface area contributed by atoms with Crippen LogP contribution in [0.1, 0.15) is 38.1 Å². The van der Waals surface area contributed by atoms with Gasteiger partial charge in [0, 0.05) is 11.6 Å². The Balaban J connectivity index is 1.60. The molecule has 1 unspecified atom stereocenters. The second-order valence-corrected chi connectivity index (χ2v) is 6.26. The van der Waals surface area contributed by atoms with Crippen LogP contribution >= 0.6 is 0 Å². The Labute approximate surface area is 125 Å². The summed E-state index contributed by atoms with van der Waals surface area (Å²) >= 11 is 0. The fourth-order valence-corrected chi connectivity index (χ4v) is 3.91. The molecule has 4 nitrogen and oxygen atoms in total. The highest BCUT2D eigenvalue weighted by Gasteiger charge is 2.34. The topological polar surface area (TPSA) is 34.0 Å². The number of piperidine rings is 2. The zero-order chi connectivity index (χ0) is 14.1. The molecule has 0 bridgehead atoms. The summed E-state index contributed by atoms with van der Waals surface area (Å²) in [5.74, 6) is 0. The monoisotopic (exact) mass is 282 g/mol. The van der Waals surface area contributed by atoms with Gasteiger partial charge in [0.15, 0.2) is 0 Å². The van der Waals surface area contributed by atoms with Crippen LogP contribution in [0.15, 0.2) is 36.5 Å². The number of rotatable bonds is 2. The van der Waals surface area contributed by atoms with Crippen LogP contribution in [-0.2, 0) is 0 Å². The highest BCUT2D eigenvalue weighted by Crippen LogP contribution is 2.34. The Morgan fingerprint density at radius 3 is 2.62 bits per heavy atom. The molecule has 1 aromatic heterocycles. The number of nitrogens with zero attached hydrogens (tertiary/aromatic N) is 4. The molecule has 21 heavy (non-hydrogen) atoms. The number of benzene rings is 1. The summed E-state index contributed by atoms with van der Waals surface area (Å²) in [6.07, 6.45) is 8.68. The van der Waals surface area contributed by atoms with Gasteiger partial charge in [0.1, 0.15) is 5.69 Å². The molecule has 0 amide bonds. The molecule has 0 radical (unpaired) electrons. The molecule has 0 saturated carbocycles. The first-order valence-electron chi connectivity index (χ1n) is 8.13. The van der Waals surface area contributed by atoms with E-state index in [9.17, 15) is 0 Å². The maximum absolute atomic E-state index is 4.45. The second-order valence-electron chi connectivity index (χ2n) is 6.26. The van der Waals surface area contributed by atoms with Crippen molar-refractivity contribution in [3.05, 3.63) is 36.5 Å². The van der Waals surface area contributed by atoms with Crippen LogP contribution in [0.2, 0.25) is 0 Å². The van der Waals surface area contributed by atoms with Crippen molar-refractivity contribution in [1.29, 1.82) is 0 Å². The van der Waals surface area contributed by atoms with Crippen LogP contribution in [-0.4, -0.2) is 39.0 Å². The van der Waals surface area contributed by atoms with Gasteiger partial charge < -0.3 is 0 Å². The van der Waals surface area contributed by atoms with Gasteiger partial charge in [-0.3, -0.25) is 4.90 Å². The molecule has 2 saturated heterocycles. The Hall–Kier alpha value is -1.68. The van der Waals surface area contributed by atoms with Crippen molar-refractivity contribution in [3.63, 3.8) is 0 Å². The van der Waals surface area contributed by atoms with Gasteiger partial charge in [0.25, 0.3) is 0 Å². The van der Waals surface area contributed by atoms with Crippen molar-refractivity contribution in [2.75, 3.05) is 13.1 Å². The van der Waals surface area contributed by atoms with E-state index in [0.29, 0.717) is 12.1 Å². The van der Waals surface area contributed by atoms with Crippen LogP contribution < -0.4 is 0 Å². The smallest absolute Gasteiger partial charge is 0.113 e. The van der Waals surface area contributed by atoms with E-state index in [1.165, 1.54) is 45.2 Å². The molecule has 0 aliphatic carbocycles. The van der Waals surface area contributed by atoms with Crippen molar-refractivity contribution >= 4 is 0 Å². The molecule has 4 rings (SSSR count). The Morgan fingerprint density at radius 1 is 0.905 bits per heavy atom. The highest BCUT2D eigenvalue weighted by atomic mass is 15.4.